The predicted molar refractivity (Wildman–Crippen MR) is 94.7 cm³/mol. The number of ether oxygens (including phenoxy) is 6. The number of quaternary nitrogens is 1. The largest absolute Gasteiger partial charge is 0.377 e. The summed E-state index contributed by atoms with van der Waals surface area (Å²) in [6, 6.07) is 0.786. The summed E-state index contributed by atoms with van der Waals surface area (Å²) in [6.07, 6.45) is 7.05. The lowest BCUT2D eigenvalue weighted by molar-refractivity contribution is -2.00. The van der Waals surface area contributed by atoms with E-state index in [1.165, 1.54) is 32.1 Å². The van der Waals surface area contributed by atoms with Gasteiger partial charge in [-0.05, 0) is 25.7 Å². The molecule has 1 saturated carbocycles. The summed E-state index contributed by atoms with van der Waals surface area (Å²) in [5.41, 5.74) is 4.00. The van der Waals surface area contributed by atoms with Crippen LogP contribution < -0.4 is 24.4 Å². The van der Waals surface area contributed by atoms with E-state index in [9.17, 15) is 0 Å². The van der Waals surface area contributed by atoms with Crippen molar-refractivity contribution in [2.45, 2.75) is 38.1 Å². The van der Waals surface area contributed by atoms with Crippen LogP contribution in [0.2, 0.25) is 0 Å². The Hall–Kier alpha value is -0.150. The zero-order valence-electron chi connectivity index (χ0n) is 17.8. The summed E-state index contributed by atoms with van der Waals surface area (Å²) in [6.45, 7) is 7.04. The van der Waals surface area contributed by atoms with Crippen molar-refractivity contribution < 1.29 is 63.0 Å². The van der Waals surface area contributed by atoms with Gasteiger partial charge in [-0.1, -0.05) is 6.42 Å². The quantitative estimate of drug-likeness (QED) is 0.371. The molecule has 2 fully saturated rings. The van der Waals surface area contributed by atoms with Crippen molar-refractivity contribution in [1.29, 1.82) is 0 Å². The molecule has 0 aromatic heterocycles. The summed E-state index contributed by atoms with van der Waals surface area (Å²) in [4.78, 5) is 0. The van der Waals surface area contributed by atoms with Gasteiger partial charge in [0.1, 0.15) is 0 Å². The summed E-state index contributed by atoms with van der Waals surface area (Å²) in [7, 11) is -4.94. The van der Waals surface area contributed by atoms with Crippen LogP contribution in [0, 0.1) is 10.2 Å². The number of hydrogen-bond acceptors (Lipinski definition) is 10. The molecule has 0 spiro atoms. The Balaban J connectivity index is 0.000000570. The van der Waals surface area contributed by atoms with Gasteiger partial charge in [-0.2, -0.15) is 0 Å². The molecule has 2 rings (SSSR count). The Labute approximate surface area is 181 Å². The highest BCUT2D eigenvalue weighted by atomic mass is 35.7. The fourth-order valence-corrected chi connectivity index (χ4v) is 2.51. The first-order valence-corrected chi connectivity index (χ1v) is 11.5. The fraction of sp³-hybridized carbons (Fsp3) is 1.00. The number of hydrogen-bond donors (Lipinski definition) is 1. The van der Waals surface area contributed by atoms with E-state index in [4.69, 9.17) is 47.1 Å². The van der Waals surface area contributed by atoms with Crippen LogP contribution in [-0.4, -0.2) is 85.3 Å². The first-order chi connectivity index (χ1) is 14.4. The fourth-order valence-electron chi connectivity index (χ4n) is 2.51. The van der Waals surface area contributed by atoms with Crippen molar-refractivity contribution in [3.05, 3.63) is 0 Å². The van der Waals surface area contributed by atoms with Gasteiger partial charge < -0.3 is 34.2 Å². The molecule has 3 N–H and O–H groups in total. The molecule has 12 heteroatoms. The van der Waals surface area contributed by atoms with E-state index >= 15 is 0 Å². The summed E-state index contributed by atoms with van der Waals surface area (Å²) in [5, 5.41) is 0. The molecule has 11 nitrogen and oxygen atoms in total. The maximum absolute atomic E-state index is 8.49. The van der Waals surface area contributed by atoms with Gasteiger partial charge in [-0.3, -0.25) is 0 Å². The highest BCUT2D eigenvalue weighted by Crippen LogP contribution is 2.13. The van der Waals surface area contributed by atoms with E-state index in [0.29, 0.717) is 79.3 Å². The lowest BCUT2D eigenvalue weighted by atomic mass is 9.97. The molecular formula is C18H38ClNO10. The summed E-state index contributed by atoms with van der Waals surface area (Å²) >= 11 is 0. The lowest BCUT2D eigenvalue weighted by Crippen LogP contribution is -2.68. The van der Waals surface area contributed by atoms with Crippen molar-refractivity contribution in [2.75, 3.05) is 79.3 Å². The van der Waals surface area contributed by atoms with Gasteiger partial charge in [0.05, 0.1) is 85.3 Å². The van der Waals surface area contributed by atoms with Gasteiger partial charge in [0.15, 0.2) is 0 Å². The lowest BCUT2D eigenvalue weighted by Gasteiger charge is -2.17. The Bertz CT molecular complexity index is 262. The topological polar surface area (TPSA) is 175 Å². The van der Waals surface area contributed by atoms with Crippen molar-refractivity contribution in [3.63, 3.8) is 0 Å². The third-order valence-electron chi connectivity index (χ3n) is 3.96. The molecule has 0 aromatic carbocycles. The molecule has 30 heavy (non-hydrogen) atoms. The third-order valence-corrected chi connectivity index (χ3v) is 3.96. The van der Waals surface area contributed by atoms with Gasteiger partial charge in [-0.25, -0.2) is 18.6 Å². The first-order valence-electron chi connectivity index (χ1n) is 10.3. The van der Waals surface area contributed by atoms with Gasteiger partial charge in [0.25, 0.3) is 0 Å². The van der Waals surface area contributed by atoms with Crippen LogP contribution in [0.15, 0.2) is 0 Å². The molecule has 1 heterocycles. The molecule has 0 aromatic rings. The highest BCUT2D eigenvalue weighted by molar-refractivity contribution is 4.60. The standard InChI is InChI=1S/C12H24O6.C6H13N.ClHO4/c1-2-14-5-6-16-9-10-18-12-11-17-8-7-15-4-3-13-1;7-6-4-2-1-3-5-6;2-1(3,4)5/h1-12H2;6H,1-5,7H2;(H,2,3,4,5). The Kier molecular flexibility index (Phi) is 21.9. The van der Waals surface area contributed by atoms with Crippen LogP contribution in [-0.2, 0) is 28.4 Å². The molecule has 182 valence electrons. The average molecular weight is 464 g/mol. The second-order valence-electron chi connectivity index (χ2n) is 6.56. The molecule has 0 amide bonds. The van der Waals surface area contributed by atoms with Crippen molar-refractivity contribution in [2.24, 2.45) is 0 Å². The van der Waals surface area contributed by atoms with Gasteiger partial charge >= 0.3 is 0 Å². The van der Waals surface area contributed by atoms with Crippen molar-refractivity contribution in [1.82, 2.24) is 0 Å². The second-order valence-corrected chi connectivity index (χ2v) is 7.31. The van der Waals surface area contributed by atoms with E-state index in [0.717, 1.165) is 6.04 Å². The van der Waals surface area contributed by atoms with Crippen LogP contribution in [0.25, 0.3) is 0 Å². The molecule has 1 aliphatic carbocycles. The molecule has 0 unspecified atom stereocenters. The maximum Gasteiger partial charge on any atom is 0.0843 e. The normalized spacial score (nSPS) is 22.3. The molecule has 0 bridgehead atoms. The number of rotatable bonds is 0. The van der Waals surface area contributed by atoms with E-state index in [1.807, 2.05) is 0 Å². The minimum absolute atomic E-state index is 0.586. The SMILES string of the molecule is C1COCCOCCOCCOCCOCCO1.[NH3+]C1CCCCC1.[O-][Cl+3]([O-])([O-])[O-]. The first kappa shape index (κ1) is 29.9. The second kappa shape index (κ2) is 22.1. The van der Waals surface area contributed by atoms with Crippen LogP contribution >= 0.6 is 0 Å². The molecule has 0 radical (unpaired) electrons. The Morgan fingerprint density at radius 1 is 0.467 bits per heavy atom. The zero-order valence-corrected chi connectivity index (χ0v) is 18.5. The third kappa shape index (κ3) is 30.0. The molecule has 1 aliphatic heterocycles. The zero-order chi connectivity index (χ0) is 22.3. The maximum atomic E-state index is 8.49. The van der Waals surface area contributed by atoms with Crippen LogP contribution in [0.1, 0.15) is 32.1 Å². The Morgan fingerprint density at radius 3 is 0.800 bits per heavy atom. The minimum Gasteiger partial charge on any atom is -0.377 e. The van der Waals surface area contributed by atoms with Gasteiger partial charge in [0, 0.05) is 0 Å². The smallest absolute Gasteiger partial charge is 0.0843 e. The predicted octanol–water partition coefficient (Wildman–Crippen LogP) is -4.10. The highest BCUT2D eigenvalue weighted by Gasteiger charge is 2.09. The van der Waals surface area contributed by atoms with Crippen LogP contribution in [0.5, 0.6) is 0 Å². The molecule has 0 atom stereocenters. The van der Waals surface area contributed by atoms with E-state index < -0.39 is 10.2 Å². The molecule has 1 saturated heterocycles. The van der Waals surface area contributed by atoms with Crippen LogP contribution in [0.3, 0.4) is 0 Å². The molecule has 2 aliphatic rings. The van der Waals surface area contributed by atoms with Crippen molar-refractivity contribution >= 4 is 0 Å². The van der Waals surface area contributed by atoms with Gasteiger partial charge in [-0.15, -0.1) is 10.2 Å². The van der Waals surface area contributed by atoms with E-state index in [2.05, 4.69) is 5.73 Å². The summed E-state index contributed by atoms with van der Waals surface area (Å²) < 4.78 is 65.9. The van der Waals surface area contributed by atoms with E-state index in [1.54, 1.807) is 0 Å². The monoisotopic (exact) mass is 463 g/mol. The molecular weight excluding hydrogens is 426 g/mol. The van der Waals surface area contributed by atoms with E-state index in [-0.39, 0.29) is 0 Å². The number of halogens is 1. The van der Waals surface area contributed by atoms with Crippen LogP contribution in [0.4, 0.5) is 0 Å². The van der Waals surface area contributed by atoms with Gasteiger partial charge in [0.2, 0.25) is 0 Å². The van der Waals surface area contributed by atoms with Crippen molar-refractivity contribution in [3.8, 4) is 0 Å². The average Bonchev–Trinajstić information content (AvgIpc) is 2.68. The minimum atomic E-state index is -4.94. The Morgan fingerprint density at radius 2 is 0.667 bits per heavy atom. The summed E-state index contributed by atoms with van der Waals surface area (Å²) in [5.74, 6) is 0.